The molecule has 3 aromatic rings. The molecule has 1 amide bonds. The quantitative estimate of drug-likeness (QED) is 0.482. The van der Waals surface area contributed by atoms with Gasteiger partial charge in [-0.15, -0.1) is 0 Å². The Morgan fingerprint density at radius 1 is 1.09 bits per heavy atom. The molecule has 0 N–H and O–H groups in total. The van der Waals surface area contributed by atoms with Crippen molar-refractivity contribution in [3.8, 4) is 11.3 Å². The highest BCUT2D eigenvalue weighted by Crippen LogP contribution is 2.34. The minimum atomic E-state index is -0.324. The molecule has 0 unspecified atom stereocenters. The minimum Gasteiger partial charge on any atom is -0.335 e. The van der Waals surface area contributed by atoms with E-state index in [0.29, 0.717) is 47.6 Å². The highest BCUT2D eigenvalue weighted by atomic mass is 19.1. The van der Waals surface area contributed by atoms with Gasteiger partial charge < -0.3 is 4.90 Å². The Labute approximate surface area is 205 Å². The van der Waals surface area contributed by atoms with E-state index >= 15 is 4.39 Å². The molecular formula is C28H33FN4O2. The molecule has 1 aromatic carbocycles. The Morgan fingerprint density at radius 2 is 1.89 bits per heavy atom. The molecule has 1 saturated carbocycles. The van der Waals surface area contributed by atoms with E-state index in [-0.39, 0.29) is 23.7 Å². The number of nitrogens with zero attached hydrogens (tertiary/aromatic N) is 4. The van der Waals surface area contributed by atoms with Crippen molar-refractivity contribution >= 4 is 17.3 Å². The molecular weight excluding hydrogens is 443 g/mol. The smallest absolute Gasteiger partial charge is 0.272 e. The number of fused-ring (bicyclic) bond motifs is 1. The molecule has 2 fully saturated rings. The van der Waals surface area contributed by atoms with Crippen LogP contribution in [0.15, 0.2) is 30.3 Å². The normalized spacial score (nSPS) is 19.8. The number of hydrogen-bond acceptors (Lipinski definition) is 4. The van der Waals surface area contributed by atoms with Crippen molar-refractivity contribution in [2.75, 3.05) is 6.54 Å². The molecule has 3 heterocycles. The predicted octanol–water partition coefficient (Wildman–Crippen LogP) is 5.73. The molecule has 1 saturated heterocycles. The monoisotopic (exact) mass is 476 g/mol. The first-order valence-corrected chi connectivity index (χ1v) is 13.0. The molecule has 1 aliphatic carbocycles. The highest BCUT2D eigenvalue weighted by molar-refractivity contribution is 5.93. The third-order valence-corrected chi connectivity index (χ3v) is 7.68. The van der Waals surface area contributed by atoms with Gasteiger partial charge in [0.15, 0.2) is 5.65 Å². The van der Waals surface area contributed by atoms with Crippen LogP contribution >= 0.6 is 0 Å². The van der Waals surface area contributed by atoms with Crippen LogP contribution in [0.3, 0.4) is 0 Å². The summed E-state index contributed by atoms with van der Waals surface area (Å²) in [4.78, 5) is 31.5. The SMILES string of the molecule is CCc1cc(C(=O)N2CCCCC[C@H]2C)nc2cc(-c3ccc(C4CCC(=O)CC4)cc3F)nn12. The molecule has 2 aromatic heterocycles. The second-order valence-corrected chi connectivity index (χ2v) is 10.0. The fourth-order valence-corrected chi connectivity index (χ4v) is 5.52. The molecule has 1 aliphatic heterocycles. The number of hydrogen-bond donors (Lipinski definition) is 0. The Bertz CT molecular complexity index is 1260. The predicted molar refractivity (Wildman–Crippen MR) is 133 cm³/mol. The second kappa shape index (κ2) is 9.88. The number of benzene rings is 1. The number of carbonyl (C=O) groups is 2. The molecule has 1 atom stereocenters. The zero-order valence-corrected chi connectivity index (χ0v) is 20.6. The van der Waals surface area contributed by atoms with Crippen LogP contribution in [0, 0.1) is 5.82 Å². The van der Waals surface area contributed by atoms with Crippen molar-refractivity contribution in [2.45, 2.75) is 83.6 Å². The van der Waals surface area contributed by atoms with Gasteiger partial charge in [-0.3, -0.25) is 9.59 Å². The average Bonchev–Trinajstić information content (AvgIpc) is 3.17. The number of Topliss-reactive ketones (excluding diaryl/α,β-unsaturated/α-hetero) is 1. The third kappa shape index (κ3) is 4.73. The van der Waals surface area contributed by atoms with E-state index in [1.54, 1.807) is 22.7 Å². The Kier molecular flexibility index (Phi) is 6.67. The lowest BCUT2D eigenvalue weighted by atomic mass is 9.83. The summed E-state index contributed by atoms with van der Waals surface area (Å²) in [6, 6.07) is 9.10. The van der Waals surface area contributed by atoms with Crippen LogP contribution in [0.25, 0.3) is 16.9 Å². The summed E-state index contributed by atoms with van der Waals surface area (Å²) >= 11 is 0. The van der Waals surface area contributed by atoms with Gasteiger partial charge in [-0.2, -0.15) is 5.10 Å². The average molecular weight is 477 g/mol. The summed E-state index contributed by atoms with van der Waals surface area (Å²) in [7, 11) is 0. The van der Waals surface area contributed by atoms with Crippen LogP contribution in [0.4, 0.5) is 4.39 Å². The molecule has 2 aliphatic rings. The molecule has 0 bridgehead atoms. The van der Waals surface area contributed by atoms with Gasteiger partial charge in [-0.25, -0.2) is 13.9 Å². The van der Waals surface area contributed by atoms with Gasteiger partial charge in [0.2, 0.25) is 0 Å². The number of amides is 1. The lowest BCUT2D eigenvalue weighted by Crippen LogP contribution is -2.38. The van der Waals surface area contributed by atoms with Crippen molar-refractivity contribution in [3.63, 3.8) is 0 Å². The maximum Gasteiger partial charge on any atom is 0.272 e. The maximum atomic E-state index is 15.2. The topological polar surface area (TPSA) is 67.6 Å². The van der Waals surface area contributed by atoms with Crippen LogP contribution in [0.1, 0.15) is 92.9 Å². The summed E-state index contributed by atoms with van der Waals surface area (Å²) in [5.41, 5.74) is 3.71. The molecule has 0 spiro atoms. The van der Waals surface area contributed by atoms with Gasteiger partial charge >= 0.3 is 0 Å². The molecule has 6 nitrogen and oxygen atoms in total. The van der Waals surface area contributed by atoms with Crippen molar-refractivity contribution in [1.29, 1.82) is 0 Å². The maximum absolute atomic E-state index is 15.2. The van der Waals surface area contributed by atoms with Crippen molar-refractivity contribution < 1.29 is 14.0 Å². The summed E-state index contributed by atoms with van der Waals surface area (Å²) in [6.07, 6.45) is 7.71. The minimum absolute atomic E-state index is 0.0409. The number of aromatic nitrogens is 3. The van der Waals surface area contributed by atoms with Crippen LogP contribution in [0.2, 0.25) is 0 Å². The molecule has 184 valence electrons. The zero-order valence-electron chi connectivity index (χ0n) is 20.6. The molecule has 35 heavy (non-hydrogen) atoms. The van der Waals surface area contributed by atoms with E-state index < -0.39 is 0 Å². The van der Waals surface area contributed by atoms with E-state index in [9.17, 15) is 9.59 Å². The second-order valence-electron chi connectivity index (χ2n) is 10.0. The fraction of sp³-hybridized carbons (Fsp3) is 0.500. The zero-order chi connectivity index (χ0) is 24.5. The summed E-state index contributed by atoms with van der Waals surface area (Å²) in [5, 5.41) is 4.65. The van der Waals surface area contributed by atoms with Crippen LogP contribution in [-0.4, -0.2) is 43.8 Å². The van der Waals surface area contributed by atoms with Gasteiger partial charge in [0.1, 0.15) is 17.3 Å². The van der Waals surface area contributed by atoms with E-state index in [1.165, 1.54) is 0 Å². The Morgan fingerprint density at radius 3 is 2.63 bits per heavy atom. The van der Waals surface area contributed by atoms with E-state index in [2.05, 4.69) is 17.0 Å². The Balaban J connectivity index is 1.46. The van der Waals surface area contributed by atoms with Crippen molar-refractivity contribution in [3.05, 3.63) is 53.1 Å². The molecule has 5 rings (SSSR count). The Hall–Kier alpha value is -3.09. The summed E-state index contributed by atoms with van der Waals surface area (Å²) in [5.74, 6) is 0.155. The number of rotatable bonds is 4. The molecule has 0 radical (unpaired) electrons. The first-order valence-electron chi connectivity index (χ1n) is 13.0. The van der Waals surface area contributed by atoms with Gasteiger partial charge in [0.25, 0.3) is 5.91 Å². The standard InChI is InChI=1S/C28H33FN4O2/c1-3-21-16-26(28(35)32-14-6-4-5-7-18(32)2)30-27-17-25(31-33(21)27)23-13-10-20(15-24(23)29)19-8-11-22(34)12-9-19/h10,13,15-19H,3-9,11-12,14H2,1-2H3/t18-/m1/s1. The van der Waals surface area contributed by atoms with Crippen molar-refractivity contribution in [2.24, 2.45) is 0 Å². The highest BCUT2D eigenvalue weighted by Gasteiger charge is 2.26. The van der Waals surface area contributed by atoms with Gasteiger partial charge in [-0.1, -0.05) is 25.8 Å². The lowest BCUT2D eigenvalue weighted by Gasteiger charge is -2.27. The summed E-state index contributed by atoms with van der Waals surface area (Å²) < 4.78 is 16.9. The van der Waals surface area contributed by atoms with E-state index in [0.717, 1.165) is 56.3 Å². The number of carbonyl (C=O) groups excluding carboxylic acids is 2. The number of likely N-dealkylation sites (tertiary alicyclic amines) is 1. The first kappa shape index (κ1) is 23.6. The number of aryl methyl sites for hydroxylation is 1. The van der Waals surface area contributed by atoms with Gasteiger partial charge in [-0.05, 0) is 68.7 Å². The van der Waals surface area contributed by atoms with Gasteiger partial charge in [0.05, 0.1) is 5.69 Å². The largest absolute Gasteiger partial charge is 0.335 e. The van der Waals surface area contributed by atoms with Crippen LogP contribution in [-0.2, 0) is 11.2 Å². The van der Waals surface area contributed by atoms with Gasteiger partial charge in [0, 0.05) is 42.8 Å². The summed E-state index contributed by atoms with van der Waals surface area (Å²) in [6.45, 7) is 4.88. The number of ketones is 1. The molecule has 7 heteroatoms. The lowest BCUT2D eigenvalue weighted by molar-refractivity contribution is -0.120. The van der Waals surface area contributed by atoms with Crippen molar-refractivity contribution in [1.82, 2.24) is 19.5 Å². The number of halogens is 1. The van der Waals surface area contributed by atoms with E-state index in [4.69, 9.17) is 0 Å². The van der Waals surface area contributed by atoms with Crippen LogP contribution in [0.5, 0.6) is 0 Å². The van der Waals surface area contributed by atoms with Crippen LogP contribution < -0.4 is 0 Å². The first-order chi connectivity index (χ1) is 16.9. The third-order valence-electron chi connectivity index (χ3n) is 7.68. The fourth-order valence-electron chi connectivity index (χ4n) is 5.52. The van der Waals surface area contributed by atoms with E-state index in [1.807, 2.05) is 24.0 Å².